The summed E-state index contributed by atoms with van der Waals surface area (Å²) >= 11 is 0. The van der Waals surface area contributed by atoms with Crippen LogP contribution in [0.4, 0.5) is 0 Å². The molecule has 2 heterocycles. The third kappa shape index (κ3) is 3.98. The zero-order chi connectivity index (χ0) is 14.4. The summed E-state index contributed by atoms with van der Waals surface area (Å²) in [6.45, 7) is 3.60. The van der Waals surface area contributed by atoms with E-state index in [0.29, 0.717) is 0 Å². The lowest BCUT2D eigenvalue weighted by molar-refractivity contribution is 0.629. The zero-order valence-electron chi connectivity index (χ0n) is 11.8. The fourth-order valence-corrected chi connectivity index (χ4v) is 2.35. The lowest BCUT2D eigenvalue weighted by atomic mass is 10.1. The van der Waals surface area contributed by atoms with E-state index >= 15 is 0 Å². The molecule has 20 heavy (non-hydrogen) atoms. The lowest BCUT2D eigenvalue weighted by Gasteiger charge is -2.09. The molecule has 108 valence electrons. The van der Waals surface area contributed by atoms with Gasteiger partial charge >= 0.3 is 0 Å². The maximum absolute atomic E-state index is 11.3. The number of hydrogen-bond acceptors (Lipinski definition) is 4. The van der Waals surface area contributed by atoms with Gasteiger partial charge in [0.2, 0.25) is 0 Å². The summed E-state index contributed by atoms with van der Waals surface area (Å²) in [6, 6.07) is 3.91. The van der Waals surface area contributed by atoms with Gasteiger partial charge in [-0.3, -0.25) is 14.3 Å². The molecule has 0 saturated carbocycles. The van der Waals surface area contributed by atoms with E-state index in [0.717, 1.165) is 36.3 Å². The Kier molecular flexibility index (Phi) is 5.43. The van der Waals surface area contributed by atoms with E-state index in [1.54, 1.807) is 12.5 Å². The van der Waals surface area contributed by atoms with Crippen LogP contribution in [-0.2, 0) is 17.3 Å². The topological polar surface area (TPSA) is 70.7 Å². The van der Waals surface area contributed by atoms with E-state index in [1.807, 2.05) is 31.5 Å². The molecule has 2 aromatic rings. The van der Waals surface area contributed by atoms with Crippen molar-refractivity contribution >= 4 is 10.8 Å². The highest BCUT2D eigenvalue weighted by atomic mass is 32.2. The SMILES string of the molecule is CC(CCNCc1cn[nH]c1-c1cccnc1)S(C)=O. The summed E-state index contributed by atoms with van der Waals surface area (Å²) in [5, 5.41) is 10.7. The van der Waals surface area contributed by atoms with Gasteiger partial charge in [0, 0.05) is 52.4 Å². The Bertz CT molecular complexity index is 555. The van der Waals surface area contributed by atoms with Gasteiger partial charge in [-0.15, -0.1) is 0 Å². The minimum atomic E-state index is -0.751. The molecule has 0 bridgehead atoms. The van der Waals surface area contributed by atoms with Gasteiger partial charge in [-0.25, -0.2) is 0 Å². The molecule has 2 rings (SSSR count). The summed E-state index contributed by atoms with van der Waals surface area (Å²) in [6.07, 6.45) is 8.06. The van der Waals surface area contributed by atoms with Crippen LogP contribution >= 0.6 is 0 Å². The van der Waals surface area contributed by atoms with Crippen molar-refractivity contribution in [2.45, 2.75) is 25.1 Å². The zero-order valence-corrected chi connectivity index (χ0v) is 12.6. The fourth-order valence-electron chi connectivity index (χ4n) is 1.90. The lowest BCUT2D eigenvalue weighted by Crippen LogP contribution is -2.21. The molecular formula is C14H20N4OS. The first-order chi connectivity index (χ1) is 9.68. The minimum absolute atomic E-state index is 0.227. The van der Waals surface area contributed by atoms with Crippen LogP contribution < -0.4 is 5.32 Å². The van der Waals surface area contributed by atoms with Crippen LogP contribution in [0.25, 0.3) is 11.3 Å². The van der Waals surface area contributed by atoms with Crippen LogP contribution in [0.15, 0.2) is 30.7 Å². The number of nitrogens with zero attached hydrogens (tertiary/aromatic N) is 2. The van der Waals surface area contributed by atoms with Crippen molar-refractivity contribution in [2.24, 2.45) is 0 Å². The Morgan fingerprint density at radius 1 is 1.45 bits per heavy atom. The molecule has 0 aliphatic carbocycles. The van der Waals surface area contributed by atoms with Crippen molar-refractivity contribution in [3.8, 4) is 11.3 Å². The molecule has 2 atom stereocenters. The van der Waals surface area contributed by atoms with Gasteiger partial charge < -0.3 is 5.32 Å². The number of aromatic amines is 1. The molecule has 0 aromatic carbocycles. The number of H-pyrrole nitrogens is 1. The Morgan fingerprint density at radius 3 is 3.00 bits per heavy atom. The Labute approximate surface area is 121 Å². The molecule has 0 radical (unpaired) electrons. The number of hydrogen-bond donors (Lipinski definition) is 2. The molecule has 0 aliphatic rings. The molecule has 2 N–H and O–H groups in total. The largest absolute Gasteiger partial charge is 0.312 e. The Hall–Kier alpha value is -1.53. The van der Waals surface area contributed by atoms with Crippen LogP contribution in [0.1, 0.15) is 18.9 Å². The molecule has 5 nitrogen and oxygen atoms in total. The summed E-state index contributed by atoms with van der Waals surface area (Å²) in [5.41, 5.74) is 3.14. The van der Waals surface area contributed by atoms with Gasteiger partial charge in [0.1, 0.15) is 0 Å². The molecule has 2 aromatic heterocycles. The number of nitrogens with one attached hydrogen (secondary N) is 2. The average molecular weight is 292 g/mol. The number of pyridine rings is 1. The summed E-state index contributed by atoms with van der Waals surface area (Å²) in [4.78, 5) is 4.12. The van der Waals surface area contributed by atoms with Gasteiger partial charge in [0.05, 0.1) is 11.9 Å². The summed E-state index contributed by atoms with van der Waals surface area (Å²) in [7, 11) is -0.751. The first kappa shape index (κ1) is 14.9. The third-order valence-corrected chi connectivity index (χ3v) is 4.65. The second kappa shape index (κ2) is 7.31. The van der Waals surface area contributed by atoms with E-state index in [4.69, 9.17) is 0 Å². The van der Waals surface area contributed by atoms with Crippen molar-refractivity contribution in [1.29, 1.82) is 0 Å². The minimum Gasteiger partial charge on any atom is -0.312 e. The number of rotatable bonds is 7. The van der Waals surface area contributed by atoms with Gasteiger partial charge in [0.15, 0.2) is 0 Å². The Balaban J connectivity index is 1.89. The van der Waals surface area contributed by atoms with E-state index in [2.05, 4.69) is 20.5 Å². The van der Waals surface area contributed by atoms with Crippen LogP contribution in [0, 0.1) is 0 Å². The molecule has 0 fully saturated rings. The fraction of sp³-hybridized carbons (Fsp3) is 0.429. The van der Waals surface area contributed by atoms with Crippen molar-refractivity contribution in [2.75, 3.05) is 12.8 Å². The third-order valence-electron chi connectivity index (χ3n) is 3.28. The van der Waals surface area contributed by atoms with Crippen LogP contribution in [0.2, 0.25) is 0 Å². The first-order valence-electron chi connectivity index (χ1n) is 6.64. The van der Waals surface area contributed by atoms with Gasteiger partial charge in [-0.2, -0.15) is 5.10 Å². The maximum Gasteiger partial charge on any atom is 0.0710 e. The maximum atomic E-state index is 11.3. The predicted octanol–water partition coefficient (Wildman–Crippen LogP) is 1.72. The highest BCUT2D eigenvalue weighted by Gasteiger charge is 2.08. The predicted molar refractivity (Wildman–Crippen MR) is 81.7 cm³/mol. The monoisotopic (exact) mass is 292 g/mol. The van der Waals surface area contributed by atoms with Gasteiger partial charge in [0.25, 0.3) is 0 Å². The van der Waals surface area contributed by atoms with E-state index in [9.17, 15) is 4.21 Å². The normalized spacial score (nSPS) is 14.1. The van der Waals surface area contributed by atoms with Crippen LogP contribution in [0.3, 0.4) is 0 Å². The molecular weight excluding hydrogens is 272 g/mol. The quantitative estimate of drug-likeness (QED) is 0.762. The van der Waals surface area contributed by atoms with E-state index in [-0.39, 0.29) is 5.25 Å². The summed E-state index contributed by atoms with van der Waals surface area (Å²) < 4.78 is 11.3. The average Bonchev–Trinajstić information content (AvgIpc) is 2.92. The summed E-state index contributed by atoms with van der Waals surface area (Å²) in [5.74, 6) is 0. The van der Waals surface area contributed by atoms with Crippen LogP contribution in [-0.4, -0.2) is 37.4 Å². The van der Waals surface area contributed by atoms with Crippen LogP contribution in [0.5, 0.6) is 0 Å². The molecule has 0 amide bonds. The van der Waals surface area contributed by atoms with E-state index < -0.39 is 10.8 Å². The van der Waals surface area contributed by atoms with Crippen molar-refractivity contribution in [3.63, 3.8) is 0 Å². The van der Waals surface area contributed by atoms with E-state index in [1.165, 1.54) is 0 Å². The molecule has 0 aliphatic heterocycles. The molecule has 6 heteroatoms. The Morgan fingerprint density at radius 2 is 2.30 bits per heavy atom. The van der Waals surface area contributed by atoms with Gasteiger partial charge in [-0.05, 0) is 25.1 Å². The van der Waals surface area contributed by atoms with Crippen molar-refractivity contribution in [3.05, 3.63) is 36.3 Å². The molecule has 0 saturated heterocycles. The highest BCUT2D eigenvalue weighted by molar-refractivity contribution is 7.84. The number of aromatic nitrogens is 3. The first-order valence-corrected chi connectivity index (χ1v) is 8.26. The second-order valence-corrected chi connectivity index (χ2v) is 6.59. The second-order valence-electron chi connectivity index (χ2n) is 4.79. The van der Waals surface area contributed by atoms with Crippen molar-refractivity contribution < 1.29 is 4.21 Å². The standard InChI is InChI=1S/C14H20N4OS/c1-11(20(2)19)5-7-16-9-13-10-17-18-14(13)12-4-3-6-15-8-12/h3-4,6,8,10-11,16H,5,7,9H2,1-2H3,(H,17,18). The highest BCUT2D eigenvalue weighted by Crippen LogP contribution is 2.19. The molecule has 0 spiro atoms. The van der Waals surface area contributed by atoms with Gasteiger partial charge in [-0.1, -0.05) is 6.92 Å². The smallest absolute Gasteiger partial charge is 0.0710 e. The molecule has 2 unspecified atom stereocenters. The van der Waals surface area contributed by atoms with Crippen molar-refractivity contribution in [1.82, 2.24) is 20.5 Å².